The van der Waals surface area contributed by atoms with Crippen molar-refractivity contribution in [3.05, 3.63) is 91.0 Å². The molecule has 3 aromatic carbocycles. The van der Waals surface area contributed by atoms with Gasteiger partial charge in [0.25, 0.3) is 0 Å². The summed E-state index contributed by atoms with van der Waals surface area (Å²) in [6.45, 7) is 0.688. The van der Waals surface area contributed by atoms with Gasteiger partial charge in [-0.3, -0.25) is 0 Å². The van der Waals surface area contributed by atoms with Crippen molar-refractivity contribution in [2.45, 2.75) is 31.4 Å². The molecule has 29 heavy (non-hydrogen) atoms. The molecule has 0 radical (unpaired) electrons. The molecular weight excluding hydrogens is 380 g/mol. The van der Waals surface area contributed by atoms with Gasteiger partial charge in [-0.15, -0.1) is 0 Å². The molecule has 0 unspecified atom stereocenters. The van der Waals surface area contributed by atoms with Crippen LogP contribution in [0.3, 0.4) is 0 Å². The maximum absolute atomic E-state index is 6.47. The maximum Gasteiger partial charge on any atom is 0.699 e. The van der Waals surface area contributed by atoms with Gasteiger partial charge in [-0.1, -0.05) is 54.6 Å². The van der Waals surface area contributed by atoms with E-state index in [1.54, 1.807) is 0 Å². The second kappa shape index (κ2) is 9.63. The van der Waals surface area contributed by atoms with Gasteiger partial charge in [-0.25, -0.2) is 0 Å². The average Bonchev–Trinajstić information content (AvgIpc) is 3.58. The Balaban J connectivity index is 1.59. The zero-order valence-corrected chi connectivity index (χ0v) is 17.4. The summed E-state index contributed by atoms with van der Waals surface area (Å²) in [5.74, 6) is 2.23. The molecule has 0 bridgehead atoms. The van der Waals surface area contributed by atoms with Crippen LogP contribution in [0.4, 0.5) is 0 Å². The number of hydrogen-bond donors (Lipinski definition) is 0. The smallest absolute Gasteiger partial charge is 0.483 e. The SMILES string of the molecule is c1ccc(O[Si](CCCOC2CC2)(Oc2ccccc2)Oc2ccccc2)cc1. The van der Waals surface area contributed by atoms with Crippen LogP contribution in [-0.4, -0.2) is 21.5 Å². The number of ether oxygens (including phenoxy) is 1. The molecule has 150 valence electrons. The zero-order valence-electron chi connectivity index (χ0n) is 16.4. The Labute approximate surface area is 173 Å². The monoisotopic (exact) mass is 406 g/mol. The zero-order chi connectivity index (χ0) is 19.8. The van der Waals surface area contributed by atoms with E-state index in [1.807, 2.05) is 91.0 Å². The van der Waals surface area contributed by atoms with Crippen molar-refractivity contribution < 1.29 is 18.0 Å². The Kier molecular flexibility index (Phi) is 6.49. The highest BCUT2D eigenvalue weighted by molar-refractivity contribution is 6.63. The lowest BCUT2D eigenvalue weighted by Crippen LogP contribution is -2.55. The van der Waals surface area contributed by atoms with Crippen molar-refractivity contribution in [1.29, 1.82) is 0 Å². The summed E-state index contributed by atoms with van der Waals surface area (Å²) in [7, 11) is -3.15. The van der Waals surface area contributed by atoms with Gasteiger partial charge in [0.2, 0.25) is 0 Å². The van der Waals surface area contributed by atoms with Crippen molar-refractivity contribution in [2.24, 2.45) is 0 Å². The standard InChI is InChI=1S/C24H26O4Si/c1-4-11-22(12-5-1)26-29(20-10-19-25-21-17-18-21,27-23-13-6-2-7-14-23)28-24-15-8-3-9-16-24/h1-9,11-16,21H,10,17-20H2. The molecule has 0 aliphatic heterocycles. The quantitative estimate of drug-likeness (QED) is 0.301. The topological polar surface area (TPSA) is 36.9 Å². The molecular formula is C24H26O4Si. The molecule has 4 rings (SSSR count). The minimum Gasteiger partial charge on any atom is -0.483 e. The fraction of sp³-hybridized carbons (Fsp3) is 0.250. The first kappa shape index (κ1) is 19.5. The van der Waals surface area contributed by atoms with Crippen LogP contribution in [0.5, 0.6) is 17.2 Å². The van der Waals surface area contributed by atoms with Gasteiger partial charge >= 0.3 is 8.80 Å². The highest BCUT2D eigenvalue weighted by atomic mass is 28.4. The minimum absolute atomic E-state index is 0.436. The van der Waals surface area contributed by atoms with E-state index in [-0.39, 0.29) is 0 Å². The molecule has 1 aliphatic carbocycles. The summed E-state index contributed by atoms with van der Waals surface area (Å²) in [4.78, 5) is 0. The summed E-state index contributed by atoms with van der Waals surface area (Å²) in [5.41, 5.74) is 0. The third-order valence-electron chi connectivity index (χ3n) is 4.55. The van der Waals surface area contributed by atoms with E-state index >= 15 is 0 Å². The first-order valence-corrected chi connectivity index (χ1v) is 12.1. The van der Waals surface area contributed by atoms with Gasteiger partial charge in [0, 0.05) is 6.61 Å². The van der Waals surface area contributed by atoms with Crippen LogP contribution in [0.15, 0.2) is 91.0 Å². The lowest BCUT2D eigenvalue weighted by atomic mass is 10.3. The molecule has 3 aromatic rings. The Morgan fingerprint density at radius 2 is 1.03 bits per heavy atom. The predicted octanol–water partition coefficient (Wildman–Crippen LogP) is 5.73. The molecule has 0 heterocycles. The normalized spacial score (nSPS) is 13.7. The van der Waals surface area contributed by atoms with Crippen molar-refractivity contribution in [3.8, 4) is 17.2 Å². The van der Waals surface area contributed by atoms with Crippen molar-refractivity contribution in [2.75, 3.05) is 6.61 Å². The predicted molar refractivity (Wildman–Crippen MR) is 115 cm³/mol. The highest BCUT2D eigenvalue weighted by Gasteiger charge is 2.49. The molecule has 1 fully saturated rings. The molecule has 0 saturated heterocycles. The molecule has 1 aliphatic rings. The summed E-state index contributed by atoms with van der Waals surface area (Å²) in [5, 5.41) is 0. The molecule has 5 heteroatoms. The van der Waals surface area contributed by atoms with E-state index < -0.39 is 8.80 Å². The summed E-state index contributed by atoms with van der Waals surface area (Å²) < 4.78 is 25.3. The second-order valence-corrected chi connectivity index (χ2v) is 9.58. The van der Waals surface area contributed by atoms with Gasteiger partial charge < -0.3 is 18.0 Å². The largest absolute Gasteiger partial charge is 0.699 e. The Morgan fingerprint density at radius 3 is 1.41 bits per heavy atom. The van der Waals surface area contributed by atoms with Gasteiger partial charge in [0.05, 0.1) is 12.1 Å². The van der Waals surface area contributed by atoms with Crippen molar-refractivity contribution in [3.63, 3.8) is 0 Å². The summed E-state index contributed by atoms with van der Waals surface area (Å²) in [6.07, 6.45) is 3.59. The summed E-state index contributed by atoms with van der Waals surface area (Å²) in [6, 6.07) is 29.9. The van der Waals surface area contributed by atoms with Crippen LogP contribution in [0, 0.1) is 0 Å². The number of rotatable bonds is 11. The fourth-order valence-corrected chi connectivity index (χ4v) is 5.49. The van der Waals surface area contributed by atoms with E-state index in [0.29, 0.717) is 18.8 Å². The van der Waals surface area contributed by atoms with Crippen LogP contribution in [0.2, 0.25) is 6.04 Å². The van der Waals surface area contributed by atoms with E-state index in [0.717, 1.165) is 23.7 Å². The molecule has 4 nitrogen and oxygen atoms in total. The lowest BCUT2D eigenvalue weighted by molar-refractivity contribution is 0.117. The van der Waals surface area contributed by atoms with Gasteiger partial charge in [0.1, 0.15) is 17.2 Å². The fourth-order valence-electron chi connectivity index (χ4n) is 2.99. The summed E-state index contributed by atoms with van der Waals surface area (Å²) >= 11 is 0. The van der Waals surface area contributed by atoms with E-state index in [4.69, 9.17) is 18.0 Å². The lowest BCUT2D eigenvalue weighted by Gasteiger charge is -2.30. The molecule has 0 amide bonds. The number of para-hydroxylation sites is 3. The van der Waals surface area contributed by atoms with Crippen LogP contribution in [0.1, 0.15) is 19.3 Å². The van der Waals surface area contributed by atoms with Crippen LogP contribution < -0.4 is 13.3 Å². The average molecular weight is 407 g/mol. The molecule has 0 spiro atoms. The van der Waals surface area contributed by atoms with Gasteiger partial charge in [-0.2, -0.15) is 0 Å². The van der Waals surface area contributed by atoms with E-state index in [2.05, 4.69) is 0 Å². The van der Waals surface area contributed by atoms with Crippen LogP contribution in [0.25, 0.3) is 0 Å². The minimum atomic E-state index is -3.15. The van der Waals surface area contributed by atoms with Crippen LogP contribution in [-0.2, 0) is 4.74 Å². The molecule has 1 saturated carbocycles. The third kappa shape index (κ3) is 6.11. The molecule has 0 aromatic heterocycles. The van der Waals surface area contributed by atoms with E-state index in [1.165, 1.54) is 12.8 Å². The molecule has 0 N–H and O–H groups in total. The third-order valence-corrected chi connectivity index (χ3v) is 7.16. The Morgan fingerprint density at radius 1 is 0.621 bits per heavy atom. The molecule has 0 atom stereocenters. The first-order valence-electron chi connectivity index (χ1n) is 10.2. The number of hydrogen-bond acceptors (Lipinski definition) is 4. The van der Waals surface area contributed by atoms with Gasteiger partial charge in [0.15, 0.2) is 0 Å². The first-order chi connectivity index (χ1) is 14.3. The number of benzene rings is 3. The second-order valence-electron chi connectivity index (χ2n) is 7.10. The van der Waals surface area contributed by atoms with Gasteiger partial charge in [-0.05, 0) is 55.7 Å². The van der Waals surface area contributed by atoms with Crippen molar-refractivity contribution >= 4 is 8.80 Å². The Hall–Kier alpha value is -2.76. The van der Waals surface area contributed by atoms with Crippen molar-refractivity contribution in [1.82, 2.24) is 0 Å². The van der Waals surface area contributed by atoms with Crippen LogP contribution >= 0.6 is 0 Å². The maximum atomic E-state index is 6.47. The highest BCUT2D eigenvalue weighted by Crippen LogP contribution is 2.28. The Bertz CT molecular complexity index is 752. The van der Waals surface area contributed by atoms with E-state index in [9.17, 15) is 0 Å².